The average Bonchev–Trinajstić information content (AvgIpc) is 2.69. The Morgan fingerprint density at radius 1 is 1.22 bits per heavy atom. The highest BCUT2D eigenvalue weighted by molar-refractivity contribution is 7.71. The predicted octanol–water partition coefficient (Wildman–Crippen LogP) is 2.60. The lowest BCUT2D eigenvalue weighted by Gasteiger charge is -2.25. The highest BCUT2D eigenvalue weighted by atomic mass is 32.1. The van der Waals surface area contributed by atoms with Gasteiger partial charge in [0, 0.05) is 5.54 Å². The van der Waals surface area contributed by atoms with Crippen LogP contribution in [0.5, 0.6) is 0 Å². The van der Waals surface area contributed by atoms with E-state index in [4.69, 9.17) is 12.2 Å². The molecule has 0 spiro atoms. The van der Waals surface area contributed by atoms with E-state index >= 15 is 0 Å². The summed E-state index contributed by atoms with van der Waals surface area (Å²) in [4.78, 5) is 11.7. The molecule has 96 valence electrons. The highest BCUT2D eigenvalue weighted by Crippen LogP contribution is 2.20. The van der Waals surface area contributed by atoms with Gasteiger partial charge in [-0.2, -0.15) is 0 Å². The second kappa shape index (κ2) is 4.94. The van der Waals surface area contributed by atoms with Gasteiger partial charge in [0.25, 0.3) is 0 Å². The van der Waals surface area contributed by atoms with Crippen LogP contribution in [0.25, 0.3) is 0 Å². The second-order valence-corrected chi connectivity index (χ2v) is 5.38. The molecule has 0 aliphatic rings. The molecule has 0 unspecified atom stereocenters. The maximum absolute atomic E-state index is 11.7. The monoisotopic (exact) mass is 263 g/mol. The van der Waals surface area contributed by atoms with Crippen LogP contribution >= 0.6 is 12.2 Å². The predicted molar refractivity (Wildman–Crippen MR) is 74.3 cm³/mol. The summed E-state index contributed by atoms with van der Waals surface area (Å²) in [5.41, 5.74) is 0.780. The van der Waals surface area contributed by atoms with E-state index in [2.05, 4.69) is 22.3 Å². The second-order valence-electron chi connectivity index (χ2n) is 4.99. The van der Waals surface area contributed by atoms with Crippen LogP contribution < -0.4 is 5.69 Å². The average molecular weight is 263 g/mol. The molecular formula is C13H17N3OS. The topological polar surface area (TPSA) is 53.6 Å². The van der Waals surface area contributed by atoms with Gasteiger partial charge in [-0.1, -0.05) is 30.3 Å². The summed E-state index contributed by atoms with van der Waals surface area (Å²) in [6.07, 6.45) is 1.77. The first-order chi connectivity index (χ1) is 8.50. The molecule has 0 bridgehead atoms. The van der Waals surface area contributed by atoms with Gasteiger partial charge in [0.1, 0.15) is 0 Å². The Hall–Kier alpha value is -1.62. The third-order valence-electron chi connectivity index (χ3n) is 3.16. The van der Waals surface area contributed by atoms with Gasteiger partial charge in [-0.15, -0.1) is 0 Å². The summed E-state index contributed by atoms with van der Waals surface area (Å²) < 4.78 is 2.05. The zero-order valence-corrected chi connectivity index (χ0v) is 11.4. The van der Waals surface area contributed by atoms with Crippen molar-refractivity contribution < 1.29 is 0 Å². The summed E-state index contributed by atoms with van der Waals surface area (Å²) in [5, 5.41) is 5.20. The van der Waals surface area contributed by atoms with E-state index in [1.54, 1.807) is 4.57 Å². The molecular weight excluding hydrogens is 246 g/mol. The van der Waals surface area contributed by atoms with Crippen molar-refractivity contribution in [3.63, 3.8) is 0 Å². The first-order valence-electron chi connectivity index (χ1n) is 5.95. The third kappa shape index (κ3) is 2.61. The lowest BCUT2D eigenvalue weighted by atomic mass is 9.95. The zero-order valence-electron chi connectivity index (χ0n) is 10.6. The molecule has 18 heavy (non-hydrogen) atoms. The molecule has 0 atom stereocenters. The number of hydrogen-bond donors (Lipinski definition) is 2. The van der Waals surface area contributed by atoms with Gasteiger partial charge in [-0.3, -0.25) is 9.67 Å². The normalized spacial score (nSPS) is 11.7. The molecule has 0 radical (unpaired) electrons. The number of aromatic nitrogens is 3. The molecule has 5 heteroatoms. The van der Waals surface area contributed by atoms with E-state index in [1.165, 1.54) is 5.56 Å². The molecule has 0 amide bonds. The first kappa shape index (κ1) is 12.8. The molecule has 2 N–H and O–H groups in total. The van der Waals surface area contributed by atoms with Crippen molar-refractivity contribution in [2.45, 2.75) is 32.2 Å². The Kier molecular flexibility index (Phi) is 3.52. The summed E-state index contributed by atoms with van der Waals surface area (Å²) in [6.45, 7) is 4.05. The molecule has 0 fully saturated rings. The molecule has 4 nitrogen and oxygen atoms in total. The number of aromatic amines is 2. The van der Waals surface area contributed by atoms with Crippen LogP contribution in [0.1, 0.15) is 25.8 Å². The number of nitrogens with zero attached hydrogens (tertiary/aromatic N) is 1. The summed E-state index contributed by atoms with van der Waals surface area (Å²) in [5.74, 6) is 0. The Morgan fingerprint density at radius 2 is 1.89 bits per heavy atom. The minimum absolute atomic E-state index is 0.182. The summed E-state index contributed by atoms with van der Waals surface area (Å²) >= 11 is 5.13. The molecule has 1 aromatic carbocycles. The maximum Gasteiger partial charge on any atom is 0.342 e. The van der Waals surface area contributed by atoms with Crippen LogP contribution in [0, 0.1) is 4.77 Å². The third-order valence-corrected chi connectivity index (χ3v) is 3.44. The van der Waals surface area contributed by atoms with E-state index in [0.717, 1.165) is 12.8 Å². The van der Waals surface area contributed by atoms with Crippen molar-refractivity contribution in [3.05, 3.63) is 51.2 Å². The Labute approximate surface area is 111 Å². The van der Waals surface area contributed by atoms with Crippen molar-refractivity contribution in [2.24, 2.45) is 0 Å². The SMILES string of the molecule is CC(C)(CCc1ccccc1)n1c(=O)[nH][nH]c1=S. The van der Waals surface area contributed by atoms with Crippen LogP contribution in [-0.4, -0.2) is 14.8 Å². The van der Waals surface area contributed by atoms with Crippen LogP contribution in [0.4, 0.5) is 0 Å². The molecule has 0 aliphatic carbocycles. The van der Waals surface area contributed by atoms with Crippen LogP contribution in [0.15, 0.2) is 35.1 Å². The van der Waals surface area contributed by atoms with Gasteiger partial charge in [0.15, 0.2) is 4.77 Å². The van der Waals surface area contributed by atoms with Crippen molar-refractivity contribution >= 4 is 12.2 Å². The summed E-state index contributed by atoms with van der Waals surface area (Å²) in [7, 11) is 0. The van der Waals surface area contributed by atoms with Crippen molar-refractivity contribution in [2.75, 3.05) is 0 Å². The largest absolute Gasteiger partial charge is 0.342 e. The number of aryl methyl sites for hydroxylation is 1. The van der Waals surface area contributed by atoms with Gasteiger partial charge in [0.2, 0.25) is 0 Å². The molecule has 0 aliphatic heterocycles. The van der Waals surface area contributed by atoms with E-state index in [-0.39, 0.29) is 11.2 Å². The first-order valence-corrected chi connectivity index (χ1v) is 6.36. The minimum atomic E-state index is -0.305. The maximum atomic E-state index is 11.7. The molecule has 1 aromatic heterocycles. The van der Waals surface area contributed by atoms with Crippen LogP contribution in [-0.2, 0) is 12.0 Å². The van der Waals surface area contributed by atoms with Gasteiger partial charge >= 0.3 is 5.69 Å². The van der Waals surface area contributed by atoms with Gasteiger partial charge in [-0.25, -0.2) is 9.89 Å². The molecule has 0 saturated heterocycles. The fourth-order valence-electron chi connectivity index (χ4n) is 2.07. The fourth-order valence-corrected chi connectivity index (χ4v) is 2.45. The molecule has 2 rings (SSSR count). The highest BCUT2D eigenvalue weighted by Gasteiger charge is 2.23. The summed E-state index contributed by atoms with van der Waals surface area (Å²) in [6, 6.07) is 10.2. The smallest absolute Gasteiger partial charge is 0.272 e. The van der Waals surface area contributed by atoms with Crippen molar-refractivity contribution in [3.8, 4) is 0 Å². The number of H-pyrrole nitrogens is 2. The lowest BCUT2D eigenvalue weighted by molar-refractivity contribution is 0.315. The van der Waals surface area contributed by atoms with E-state index < -0.39 is 0 Å². The lowest BCUT2D eigenvalue weighted by Crippen LogP contribution is -2.35. The van der Waals surface area contributed by atoms with Crippen LogP contribution in [0.3, 0.4) is 0 Å². The van der Waals surface area contributed by atoms with Gasteiger partial charge < -0.3 is 0 Å². The van der Waals surface area contributed by atoms with E-state index in [9.17, 15) is 4.79 Å². The van der Waals surface area contributed by atoms with Crippen molar-refractivity contribution in [1.82, 2.24) is 14.8 Å². The van der Waals surface area contributed by atoms with Gasteiger partial charge in [0.05, 0.1) is 0 Å². The standard InChI is InChI=1S/C13H17N3OS/c1-13(2,16-11(17)14-15-12(16)18)9-8-10-6-4-3-5-7-10/h3-7H,8-9H2,1-2H3,(H,14,17)(H,15,18). The molecule has 2 aromatic rings. The fraction of sp³-hybridized carbons (Fsp3) is 0.385. The minimum Gasteiger partial charge on any atom is -0.272 e. The molecule has 1 heterocycles. The van der Waals surface area contributed by atoms with Gasteiger partial charge in [-0.05, 0) is 44.5 Å². The van der Waals surface area contributed by atoms with E-state index in [0.29, 0.717) is 4.77 Å². The number of hydrogen-bond acceptors (Lipinski definition) is 2. The quantitative estimate of drug-likeness (QED) is 0.833. The number of benzene rings is 1. The zero-order chi connectivity index (χ0) is 13.2. The Morgan fingerprint density at radius 3 is 2.44 bits per heavy atom. The van der Waals surface area contributed by atoms with E-state index in [1.807, 2.05) is 32.0 Å². The number of rotatable bonds is 4. The Bertz CT molecular complexity index is 594. The van der Waals surface area contributed by atoms with Crippen molar-refractivity contribution in [1.29, 1.82) is 0 Å². The Balaban J connectivity index is 2.18. The number of nitrogens with one attached hydrogen (secondary N) is 2. The van der Waals surface area contributed by atoms with Crippen LogP contribution in [0.2, 0.25) is 0 Å². The molecule has 0 saturated carbocycles.